The molecule has 0 rings (SSSR count). The molecular weight excluding hydrogens is 250 g/mol. The van der Waals surface area contributed by atoms with Gasteiger partial charge in [-0.2, -0.15) is 0 Å². The third-order valence-corrected chi connectivity index (χ3v) is 4.57. The zero-order chi connectivity index (χ0) is 15.4. The van der Waals surface area contributed by atoms with Crippen LogP contribution < -0.4 is 0 Å². The number of nitrogens with zero attached hydrogens (tertiary/aromatic N) is 1. The Bertz CT molecular complexity index is 243. The predicted octanol–water partition coefficient (Wildman–Crippen LogP) is 4.86. The van der Waals surface area contributed by atoms with Crippen molar-refractivity contribution in [1.29, 1.82) is 0 Å². The topological polar surface area (TPSA) is 52.8 Å². The molecule has 0 radical (unpaired) electrons. The van der Waals surface area contributed by atoms with Gasteiger partial charge < -0.3 is 10.3 Å². The first-order valence-corrected chi connectivity index (χ1v) is 8.51. The summed E-state index contributed by atoms with van der Waals surface area (Å²) in [5.74, 6) is 0.712. The van der Waals surface area contributed by atoms with E-state index in [-0.39, 0.29) is 12.0 Å². The number of hydrogen-bond acceptors (Lipinski definition) is 3. The van der Waals surface area contributed by atoms with Gasteiger partial charge in [0.05, 0.1) is 6.10 Å². The summed E-state index contributed by atoms with van der Waals surface area (Å²) in [7, 11) is 0. The number of oxime groups is 1. The molecule has 0 aromatic rings. The Morgan fingerprint density at radius 3 is 1.80 bits per heavy atom. The molecule has 4 atom stereocenters. The minimum atomic E-state index is -0.385. The molecule has 0 spiro atoms. The van der Waals surface area contributed by atoms with Crippen LogP contribution in [0.15, 0.2) is 5.16 Å². The van der Waals surface area contributed by atoms with Crippen molar-refractivity contribution in [3.05, 3.63) is 0 Å². The molecule has 20 heavy (non-hydrogen) atoms. The van der Waals surface area contributed by atoms with Gasteiger partial charge in [0, 0.05) is 12.1 Å². The summed E-state index contributed by atoms with van der Waals surface area (Å²) < 4.78 is 0. The van der Waals surface area contributed by atoms with E-state index < -0.39 is 0 Å². The van der Waals surface area contributed by atoms with Crippen molar-refractivity contribution in [2.75, 3.05) is 0 Å². The molecule has 0 amide bonds. The van der Waals surface area contributed by atoms with Crippen LogP contribution in [0.4, 0.5) is 0 Å². The second-order valence-corrected chi connectivity index (χ2v) is 5.95. The van der Waals surface area contributed by atoms with Crippen LogP contribution in [-0.4, -0.2) is 22.6 Å². The van der Waals surface area contributed by atoms with Gasteiger partial charge in [-0.1, -0.05) is 66.2 Å². The molecule has 2 N–H and O–H groups in total. The Hall–Kier alpha value is -0.570. The fraction of sp³-hybridized carbons (Fsp3) is 0.941. The van der Waals surface area contributed by atoms with Crippen LogP contribution in [0.5, 0.6) is 0 Å². The zero-order valence-corrected chi connectivity index (χ0v) is 13.9. The third kappa shape index (κ3) is 6.74. The Kier molecular flexibility index (Phi) is 11.8. The molecule has 0 aliphatic carbocycles. The van der Waals surface area contributed by atoms with Gasteiger partial charge in [0.25, 0.3) is 0 Å². The van der Waals surface area contributed by atoms with Crippen LogP contribution in [0.2, 0.25) is 0 Å². The monoisotopic (exact) mass is 285 g/mol. The lowest BCUT2D eigenvalue weighted by Gasteiger charge is -2.32. The second-order valence-electron chi connectivity index (χ2n) is 5.95. The van der Waals surface area contributed by atoms with E-state index in [9.17, 15) is 5.11 Å². The van der Waals surface area contributed by atoms with Gasteiger partial charge in [0.1, 0.15) is 0 Å². The van der Waals surface area contributed by atoms with E-state index in [1.165, 1.54) is 12.8 Å². The molecule has 0 saturated heterocycles. The number of hydrogen-bond donors (Lipinski definition) is 2. The van der Waals surface area contributed by atoms with Gasteiger partial charge in [-0.25, -0.2) is 0 Å². The smallest absolute Gasteiger partial charge is 0.0649 e. The fourth-order valence-electron chi connectivity index (χ4n) is 3.10. The molecule has 120 valence electrons. The van der Waals surface area contributed by atoms with Crippen LogP contribution >= 0.6 is 0 Å². The van der Waals surface area contributed by atoms with Crippen LogP contribution in [0, 0.1) is 17.8 Å². The number of unbranched alkanes of at least 4 members (excludes halogenated alkanes) is 2. The maximum atomic E-state index is 10.7. The molecule has 3 heteroatoms. The molecule has 0 heterocycles. The zero-order valence-electron chi connectivity index (χ0n) is 13.9. The SMILES string of the molecule is CCCCC(CC)C(O)C(C=NO)C(CC)CCCC. The van der Waals surface area contributed by atoms with Gasteiger partial charge in [0.15, 0.2) is 0 Å². The second kappa shape index (κ2) is 12.2. The van der Waals surface area contributed by atoms with Crippen molar-refractivity contribution >= 4 is 6.21 Å². The van der Waals surface area contributed by atoms with Crippen molar-refractivity contribution in [3.8, 4) is 0 Å². The summed E-state index contributed by atoms with van der Waals surface area (Å²) in [5.41, 5.74) is 0. The highest BCUT2D eigenvalue weighted by Gasteiger charge is 2.30. The summed E-state index contributed by atoms with van der Waals surface area (Å²) in [4.78, 5) is 0. The van der Waals surface area contributed by atoms with Crippen LogP contribution in [0.3, 0.4) is 0 Å². The predicted molar refractivity (Wildman–Crippen MR) is 86.4 cm³/mol. The lowest BCUT2D eigenvalue weighted by molar-refractivity contribution is 0.0437. The lowest BCUT2D eigenvalue weighted by Crippen LogP contribution is -2.35. The summed E-state index contributed by atoms with van der Waals surface area (Å²) in [6.07, 6.45) is 10.0. The van der Waals surface area contributed by atoms with E-state index in [4.69, 9.17) is 5.21 Å². The molecule has 0 fully saturated rings. The van der Waals surface area contributed by atoms with Crippen LogP contribution in [0.1, 0.15) is 79.1 Å². The van der Waals surface area contributed by atoms with E-state index in [2.05, 4.69) is 32.9 Å². The average Bonchev–Trinajstić information content (AvgIpc) is 2.47. The van der Waals surface area contributed by atoms with Crippen molar-refractivity contribution in [2.45, 2.75) is 85.2 Å². The third-order valence-electron chi connectivity index (χ3n) is 4.57. The van der Waals surface area contributed by atoms with Gasteiger partial charge in [-0.3, -0.25) is 0 Å². The molecule has 0 aliphatic rings. The molecule has 0 aliphatic heterocycles. The quantitative estimate of drug-likeness (QED) is 0.306. The van der Waals surface area contributed by atoms with E-state index in [1.54, 1.807) is 6.21 Å². The lowest BCUT2D eigenvalue weighted by atomic mass is 9.77. The molecule has 0 saturated carbocycles. The van der Waals surface area contributed by atoms with Gasteiger partial charge in [-0.05, 0) is 24.7 Å². The Morgan fingerprint density at radius 1 is 0.900 bits per heavy atom. The molecule has 0 aromatic heterocycles. The summed E-state index contributed by atoms with van der Waals surface area (Å²) in [6, 6.07) is 0. The van der Waals surface area contributed by atoms with Crippen LogP contribution in [-0.2, 0) is 0 Å². The minimum Gasteiger partial charge on any atom is -0.411 e. The fourth-order valence-corrected chi connectivity index (χ4v) is 3.10. The largest absolute Gasteiger partial charge is 0.411 e. The summed E-state index contributed by atoms with van der Waals surface area (Å²) in [6.45, 7) is 8.68. The maximum absolute atomic E-state index is 10.7. The first-order chi connectivity index (χ1) is 9.65. The first kappa shape index (κ1) is 19.4. The Labute approximate surface area is 125 Å². The van der Waals surface area contributed by atoms with E-state index >= 15 is 0 Å². The number of aliphatic hydroxyl groups excluding tert-OH is 1. The highest BCUT2D eigenvalue weighted by molar-refractivity contribution is 5.61. The molecular formula is C17H35NO2. The molecule has 4 unspecified atom stereocenters. The Balaban J connectivity index is 4.82. The molecule has 0 aromatic carbocycles. The highest BCUT2D eigenvalue weighted by atomic mass is 16.4. The normalized spacial score (nSPS) is 18.1. The maximum Gasteiger partial charge on any atom is 0.0649 e. The Morgan fingerprint density at radius 2 is 1.40 bits per heavy atom. The minimum absolute atomic E-state index is 0.0154. The van der Waals surface area contributed by atoms with Gasteiger partial charge in [-0.15, -0.1) is 5.16 Å². The van der Waals surface area contributed by atoms with E-state index in [0.717, 1.165) is 38.5 Å². The van der Waals surface area contributed by atoms with Gasteiger partial charge >= 0.3 is 0 Å². The number of rotatable bonds is 12. The summed E-state index contributed by atoms with van der Waals surface area (Å²) in [5, 5.41) is 22.9. The first-order valence-electron chi connectivity index (χ1n) is 8.51. The van der Waals surface area contributed by atoms with E-state index in [0.29, 0.717) is 11.8 Å². The highest BCUT2D eigenvalue weighted by Crippen LogP contribution is 2.30. The van der Waals surface area contributed by atoms with Crippen molar-refractivity contribution in [1.82, 2.24) is 0 Å². The average molecular weight is 285 g/mol. The summed E-state index contributed by atoms with van der Waals surface area (Å²) >= 11 is 0. The van der Waals surface area contributed by atoms with Crippen LogP contribution in [0.25, 0.3) is 0 Å². The molecule has 0 bridgehead atoms. The van der Waals surface area contributed by atoms with Crippen molar-refractivity contribution in [3.63, 3.8) is 0 Å². The number of aliphatic hydroxyl groups is 1. The van der Waals surface area contributed by atoms with Gasteiger partial charge in [0.2, 0.25) is 0 Å². The molecule has 3 nitrogen and oxygen atoms in total. The standard InChI is InChI=1S/C17H35NO2/c1-5-9-11-14(7-3)16(13-18-20)17(19)15(8-4)12-10-6-2/h13-17,19-20H,5-12H2,1-4H3. The van der Waals surface area contributed by atoms with Crippen molar-refractivity contribution < 1.29 is 10.3 Å². The van der Waals surface area contributed by atoms with E-state index in [1.807, 2.05) is 0 Å². The van der Waals surface area contributed by atoms with Crippen molar-refractivity contribution in [2.24, 2.45) is 22.9 Å².